The van der Waals surface area contributed by atoms with Crippen molar-refractivity contribution in [2.75, 3.05) is 0 Å². The topological polar surface area (TPSA) is 70.5 Å². The standard InChI is InChI=1S/C67H36F3N7/c1-40-10-5-19-58(67(68,69)70)66(40)57-36-64(76-60-32-47(43-13-6-11-41(28-43)38-71)20-24-53(60)54-25-21-48(33-61(54)76)44-14-7-12-42(29-44)39-72)65(37-59(57)75-4)77-62-34-49(45-15-8-17-51(30-45)73-2)22-26-55(62)56-27-23-50(35-63(56)77)46-16-9-18-52(31-46)74-3/h5-37H,1H3. The number of nitrogens with zero attached hydrogens (tertiary/aromatic N) is 7. The van der Waals surface area contributed by atoms with E-state index in [0.29, 0.717) is 50.5 Å². The van der Waals surface area contributed by atoms with Crippen molar-refractivity contribution in [1.29, 1.82) is 10.5 Å². The van der Waals surface area contributed by atoms with E-state index < -0.39 is 11.7 Å². The average Bonchev–Trinajstić information content (AvgIpc) is 4.10. The lowest BCUT2D eigenvalue weighted by Gasteiger charge is -2.22. The van der Waals surface area contributed by atoms with E-state index >= 15 is 13.2 Å². The molecule has 12 aromatic rings. The van der Waals surface area contributed by atoms with Crippen molar-refractivity contribution in [3.05, 3.63) is 257 Å². The summed E-state index contributed by atoms with van der Waals surface area (Å²) in [6, 6.07) is 65.5. The number of hydrogen-bond acceptors (Lipinski definition) is 2. The first-order chi connectivity index (χ1) is 37.5. The van der Waals surface area contributed by atoms with Crippen LogP contribution in [0.3, 0.4) is 0 Å². The predicted octanol–water partition coefficient (Wildman–Crippen LogP) is 18.9. The molecule has 0 N–H and O–H groups in total. The van der Waals surface area contributed by atoms with Crippen LogP contribution in [-0.2, 0) is 6.18 Å². The Balaban J connectivity index is 1.28. The first-order valence-electron chi connectivity index (χ1n) is 24.3. The van der Waals surface area contributed by atoms with Gasteiger partial charge in [0, 0.05) is 21.5 Å². The number of halogens is 3. The van der Waals surface area contributed by atoms with Gasteiger partial charge in [0.05, 0.1) is 82.0 Å². The summed E-state index contributed by atoms with van der Waals surface area (Å²) >= 11 is 0. The largest absolute Gasteiger partial charge is 0.416 e. The number of alkyl halides is 3. The summed E-state index contributed by atoms with van der Waals surface area (Å²) in [6.07, 6.45) is -4.78. The third-order valence-corrected chi connectivity index (χ3v) is 14.3. The van der Waals surface area contributed by atoms with Gasteiger partial charge in [-0.1, -0.05) is 121 Å². The second kappa shape index (κ2) is 18.5. The minimum Gasteiger partial charge on any atom is -0.308 e. The zero-order valence-electron chi connectivity index (χ0n) is 40.8. The molecule has 0 spiro atoms. The molecule has 0 amide bonds. The molecule has 0 fully saturated rings. The van der Waals surface area contributed by atoms with Crippen LogP contribution in [0.2, 0.25) is 0 Å². The van der Waals surface area contributed by atoms with Gasteiger partial charge < -0.3 is 9.13 Å². The quantitative estimate of drug-likeness (QED) is 0.149. The van der Waals surface area contributed by atoms with E-state index in [0.717, 1.165) is 83.2 Å². The van der Waals surface area contributed by atoms with Crippen molar-refractivity contribution in [2.45, 2.75) is 13.1 Å². The molecule has 0 radical (unpaired) electrons. The molecular formula is C67H36F3N7. The fourth-order valence-corrected chi connectivity index (χ4v) is 10.8. The number of aromatic nitrogens is 2. The molecule has 360 valence electrons. The summed E-state index contributed by atoms with van der Waals surface area (Å²) in [5.41, 5.74) is 11.4. The van der Waals surface area contributed by atoms with E-state index in [1.807, 2.05) is 146 Å². The van der Waals surface area contributed by atoms with E-state index in [1.54, 1.807) is 49.4 Å². The smallest absolute Gasteiger partial charge is 0.308 e. The van der Waals surface area contributed by atoms with Crippen molar-refractivity contribution in [2.24, 2.45) is 0 Å². The molecule has 0 aliphatic heterocycles. The highest BCUT2D eigenvalue weighted by Crippen LogP contribution is 2.48. The van der Waals surface area contributed by atoms with Crippen LogP contribution in [0.15, 0.2) is 200 Å². The Morgan fingerprint density at radius 3 is 1.18 bits per heavy atom. The van der Waals surface area contributed by atoms with E-state index in [4.69, 9.17) is 19.7 Å². The van der Waals surface area contributed by atoms with Crippen LogP contribution in [0, 0.1) is 49.3 Å². The number of hydrogen-bond donors (Lipinski definition) is 0. The monoisotopic (exact) mass is 995 g/mol. The molecule has 0 aliphatic carbocycles. The van der Waals surface area contributed by atoms with E-state index in [-0.39, 0.29) is 16.8 Å². The second-order valence-corrected chi connectivity index (χ2v) is 18.8. The molecule has 12 rings (SSSR count). The van der Waals surface area contributed by atoms with Crippen LogP contribution in [0.5, 0.6) is 0 Å². The molecule has 10 heteroatoms. The number of nitriles is 2. The molecule has 10 aromatic carbocycles. The molecule has 2 heterocycles. The van der Waals surface area contributed by atoms with Gasteiger partial charge in [-0.3, -0.25) is 0 Å². The lowest BCUT2D eigenvalue weighted by atomic mass is 9.92. The normalized spacial score (nSPS) is 11.3. The summed E-state index contributed by atoms with van der Waals surface area (Å²) in [7, 11) is 0. The number of fused-ring (bicyclic) bond motifs is 6. The molecule has 0 unspecified atom stereocenters. The fraction of sp³-hybridized carbons (Fsp3) is 0.0299. The van der Waals surface area contributed by atoms with Crippen LogP contribution in [0.25, 0.3) is 125 Å². The Labute approximate surface area is 440 Å². The summed E-state index contributed by atoms with van der Waals surface area (Å²) < 4.78 is 50.3. The van der Waals surface area contributed by atoms with Gasteiger partial charge in [-0.2, -0.15) is 23.7 Å². The highest BCUT2D eigenvalue weighted by atomic mass is 19.4. The number of rotatable bonds is 7. The van der Waals surface area contributed by atoms with Gasteiger partial charge in [-0.15, -0.1) is 0 Å². The van der Waals surface area contributed by atoms with E-state index in [9.17, 15) is 10.5 Å². The fourth-order valence-electron chi connectivity index (χ4n) is 10.8. The minimum absolute atomic E-state index is 0.0100. The lowest BCUT2D eigenvalue weighted by molar-refractivity contribution is -0.137. The van der Waals surface area contributed by atoms with Gasteiger partial charge in [0.2, 0.25) is 0 Å². The van der Waals surface area contributed by atoms with Gasteiger partial charge in [-0.25, -0.2) is 14.5 Å². The molecule has 0 atom stereocenters. The van der Waals surface area contributed by atoms with Crippen molar-refractivity contribution < 1.29 is 13.2 Å². The third-order valence-electron chi connectivity index (χ3n) is 14.3. The van der Waals surface area contributed by atoms with Gasteiger partial charge in [-0.05, 0) is 147 Å². The van der Waals surface area contributed by atoms with Crippen LogP contribution in [0.1, 0.15) is 22.3 Å². The zero-order valence-corrected chi connectivity index (χ0v) is 40.8. The highest BCUT2D eigenvalue weighted by Gasteiger charge is 2.35. The van der Waals surface area contributed by atoms with Crippen molar-refractivity contribution in [3.63, 3.8) is 0 Å². The van der Waals surface area contributed by atoms with Crippen LogP contribution in [-0.4, -0.2) is 9.13 Å². The Bertz CT molecular complexity index is 4480. The molecule has 77 heavy (non-hydrogen) atoms. The maximum absolute atomic E-state index is 15.4. The molecule has 0 aliphatic rings. The second-order valence-electron chi connectivity index (χ2n) is 18.8. The summed E-state index contributed by atoms with van der Waals surface area (Å²) in [4.78, 5) is 11.5. The minimum atomic E-state index is -4.78. The van der Waals surface area contributed by atoms with E-state index in [1.165, 1.54) is 6.07 Å². The first-order valence-corrected chi connectivity index (χ1v) is 24.3. The average molecular weight is 996 g/mol. The molecule has 0 bridgehead atoms. The highest BCUT2D eigenvalue weighted by molar-refractivity contribution is 6.14. The maximum Gasteiger partial charge on any atom is 0.416 e. The van der Waals surface area contributed by atoms with E-state index in [2.05, 4.69) is 35.8 Å². The van der Waals surface area contributed by atoms with Crippen molar-refractivity contribution in [3.8, 4) is 79.1 Å². The van der Waals surface area contributed by atoms with Crippen LogP contribution in [0.4, 0.5) is 30.2 Å². The molecular weight excluding hydrogens is 960 g/mol. The molecule has 7 nitrogen and oxygen atoms in total. The summed E-state index contributed by atoms with van der Waals surface area (Å²) in [5.74, 6) is 0. The van der Waals surface area contributed by atoms with Gasteiger partial charge in [0.15, 0.2) is 17.1 Å². The lowest BCUT2D eigenvalue weighted by Crippen LogP contribution is -2.09. The summed E-state index contributed by atoms with van der Waals surface area (Å²) in [5, 5.41) is 23.3. The predicted molar refractivity (Wildman–Crippen MR) is 300 cm³/mol. The van der Waals surface area contributed by atoms with Gasteiger partial charge in [0.1, 0.15) is 0 Å². The Morgan fingerprint density at radius 1 is 0.416 bits per heavy atom. The maximum atomic E-state index is 15.4. The van der Waals surface area contributed by atoms with Crippen LogP contribution >= 0.6 is 0 Å². The molecule has 2 aromatic heterocycles. The van der Waals surface area contributed by atoms with Crippen molar-refractivity contribution >= 4 is 60.7 Å². The zero-order chi connectivity index (χ0) is 53.1. The Kier molecular flexibility index (Phi) is 11.3. The third kappa shape index (κ3) is 8.06. The number of aryl methyl sites for hydroxylation is 1. The SMILES string of the molecule is [C-]#[N+]c1cccc(-c2ccc3c4ccc(-c5cccc([N+]#[C-])c5)cc4n(-c4cc([N+]#[C-])c(-c5c(C)cccc5C(F)(F)F)cc4-n4c5cc(-c6cccc(C#N)c6)ccc5c5ccc(-c6cccc(C#N)c6)cc54)c3c2)c1. The van der Waals surface area contributed by atoms with Crippen molar-refractivity contribution in [1.82, 2.24) is 9.13 Å². The van der Waals surface area contributed by atoms with Crippen LogP contribution < -0.4 is 0 Å². The Hall–Kier alpha value is -11.0. The summed E-state index contributed by atoms with van der Waals surface area (Å²) in [6.45, 7) is 26.0. The first kappa shape index (κ1) is 47.1. The Morgan fingerprint density at radius 2 is 0.792 bits per heavy atom. The molecule has 0 saturated carbocycles. The van der Waals surface area contributed by atoms with Gasteiger partial charge in [0.25, 0.3) is 0 Å². The molecule has 0 saturated heterocycles. The number of benzene rings is 10. The van der Waals surface area contributed by atoms with Gasteiger partial charge >= 0.3 is 6.18 Å².